The van der Waals surface area contributed by atoms with Gasteiger partial charge >= 0.3 is 10.4 Å². The van der Waals surface area contributed by atoms with Crippen molar-refractivity contribution in [2.45, 2.75) is 40.5 Å². The molecule has 0 aliphatic heterocycles. The summed E-state index contributed by atoms with van der Waals surface area (Å²) in [7, 11) is -8.80. The van der Waals surface area contributed by atoms with Crippen LogP contribution in [0.1, 0.15) is 40.5 Å². The molecule has 0 rings (SSSR count). The summed E-state index contributed by atoms with van der Waals surface area (Å²) in [5.74, 6) is 0. The van der Waals surface area contributed by atoms with Gasteiger partial charge in [-0.2, -0.15) is 8.42 Å². The molecule has 0 saturated carbocycles. The minimum Gasteiger partial charge on any atom is -0.759 e. The van der Waals surface area contributed by atoms with Gasteiger partial charge in [0.1, 0.15) is 0 Å². The van der Waals surface area contributed by atoms with Crippen LogP contribution in [0.25, 0.3) is 0 Å². The van der Waals surface area contributed by atoms with Gasteiger partial charge in [0, 0.05) is 17.5 Å². The molecule has 134 valence electrons. The second-order valence-electron chi connectivity index (χ2n) is 2.72. The molecular weight excluding hydrogens is 336 g/mol. The molecule has 0 aromatic heterocycles. The van der Waals surface area contributed by atoms with Gasteiger partial charge in [0.15, 0.2) is 0 Å². The highest BCUT2D eigenvalue weighted by Crippen LogP contribution is 1.59. The van der Waals surface area contributed by atoms with E-state index in [1.54, 1.807) is 0 Å². The first kappa shape index (κ1) is 32.1. The monoisotopic (exact) mass is 357 g/mol. The van der Waals surface area contributed by atoms with Gasteiger partial charge in [0.2, 0.25) is 0 Å². The third-order valence-corrected chi connectivity index (χ3v) is 0.167. The van der Waals surface area contributed by atoms with Gasteiger partial charge in [-0.1, -0.05) is 40.5 Å². The Hall–Kier alpha value is -0.990. The smallest absolute Gasteiger partial charge is 0.394 e. The van der Waals surface area contributed by atoms with Crippen molar-refractivity contribution in [3.63, 3.8) is 0 Å². The molecule has 0 amide bonds. The molecule has 0 atom stereocenters. The molecule has 0 unspecified atom stereocenters. The standard InChI is InChI=1S/2C3H8.C2H4O3.2H2O4S/c2*1-3-2;1-5-2(3)4;2*1-5(2,3)4/h2*3H2,1-2H3;1H3,(H,3,4);2*(H2,1,2,3,4)/p-3. The van der Waals surface area contributed by atoms with Crippen molar-refractivity contribution in [2.24, 2.45) is 0 Å². The summed E-state index contributed by atoms with van der Waals surface area (Å²) in [6.45, 7) is 8.50. The van der Waals surface area contributed by atoms with Crippen LogP contribution in [0.15, 0.2) is 0 Å². The van der Waals surface area contributed by atoms with E-state index in [1.807, 2.05) is 0 Å². The van der Waals surface area contributed by atoms with Crippen LogP contribution in [0.4, 0.5) is 4.79 Å². The Bertz CT molecular complexity index is 336. The third-order valence-electron chi connectivity index (χ3n) is 0.167. The van der Waals surface area contributed by atoms with Crippen molar-refractivity contribution in [1.29, 1.82) is 0 Å². The summed E-state index contributed by atoms with van der Waals surface area (Å²) >= 11 is 0. The summed E-state index contributed by atoms with van der Waals surface area (Å²) in [5, 5.41) is 9.03. The van der Waals surface area contributed by atoms with E-state index in [9.17, 15) is 0 Å². The highest BCUT2D eigenvalue weighted by molar-refractivity contribution is 7.80. The van der Waals surface area contributed by atoms with E-state index in [0.717, 1.165) is 7.11 Å². The zero-order valence-corrected chi connectivity index (χ0v) is 13.9. The second-order valence-corrected chi connectivity index (χ2v) is 4.44. The van der Waals surface area contributed by atoms with E-state index in [0.29, 0.717) is 0 Å². The fourth-order valence-electron chi connectivity index (χ4n) is 0. The summed E-state index contributed by atoms with van der Waals surface area (Å²) < 4.78 is 69.2. The number of hydrogen-bond acceptors (Lipinski definition) is 9. The van der Waals surface area contributed by atoms with Crippen molar-refractivity contribution >= 4 is 27.0 Å². The maximum atomic E-state index is 9.03. The van der Waals surface area contributed by atoms with Gasteiger partial charge < -0.3 is 23.7 Å². The van der Waals surface area contributed by atoms with Gasteiger partial charge in [0.05, 0.1) is 0 Å². The number of carbonyl (C=O) groups is 1. The van der Waals surface area contributed by atoms with Crippen LogP contribution in [0.2, 0.25) is 0 Å². The Morgan fingerprint density at radius 3 is 1.00 bits per heavy atom. The number of methoxy groups -OCH3 is 1. The van der Waals surface area contributed by atoms with Gasteiger partial charge in [0.25, 0.3) is 6.16 Å². The van der Waals surface area contributed by atoms with Crippen LogP contribution in [0, 0.1) is 0 Å². The van der Waals surface area contributed by atoms with Crippen molar-refractivity contribution in [1.82, 2.24) is 0 Å². The predicted octanol–water partition coefficient (Wildman–Crippen LogP) is -0.182. The molecule has 0 aromatic rings. The second kappa shape index (κ2) is 21.3. The van der Waals surface area contributed by atoms with E-state index in [-0.39, 0.29) is 0 Å². The van der Waals surface area contributed by atoms with Crippen molar-refractivity contribution in [3.05, 3.63) is 0 Å². The molecule has 21 heavy (non-hydrogen) atoms. The van der Waals surface area contributed by atoms with Gasteiger partial charge in [-0.15, -0.1) is 0 Å². The lowest BCUT2D eigenvalue weighted by atomic mass is 10.6. The molecule has 0 bridgehead atoms. The Balaban J connectivity index is -0.0000000519. The molecule has 0 aliphatic rings. The Kier molecular flexibility index (Phi) is 32.6. The first-order valence-corrected chi connectivity index (χ1v) is 7.94. The van der Waals surface area contributed by atoms with Crippen LogP contribution in [0.5, 0.6) is 0 Å². The fraction of sp³-hybridized carbons (Fsp3) is 0.875. The molecule has 0 radical (unpaired) electrons. The zero-order valence-electron chi connectivity index (χ0n) is 12.3. The van der Waals surface area contributed by atoms with Crippen LogP contribution >= 0.6 is 0 Å². The Morgan fingerprint density at radius 1 is 0.952 bits per heavy atom. The van der Waals surface area contributed by atoms with Crippen molar-refractivity contribution < 1.29 is 49.7 Å². The van der Waals surface area contributed by atoms with Gasteiger partial charge in [-0.05, 0) is 0 Å². The predicted molar refractivity (Wildman–Crippen MR) is 69.0 cm³/mol. The van der Waals surface area contributed by atoms with E-state index in [4.69, 9.17) is 44.9 Å². The van der Waals surface area contributed by atoms with Gasteiger partial charge in [-0.25, -0.2) is 0 Å². The summed E-state index contributed by atoms with van der Waals surface area (Å²) in [4.78, 5) is 9.03. The lowest BCUT2D eigenvalue weighted by Crippen LogP contribution is -2.21. The molecule has 11 nitrogen and oxygen atoms in total. The SMILES string of the molecule is CCC.CCC.COC(=O)[O-].O=S(=O)(O)O.O=S(=O)([O-])[O-]. The minimum absolute atomic E-state index is 1.04. The average Bonchev–Trinajstić information content (AvgIpc) is 2.14. The molecule has 0 saturated heterocycles. The summed E-state index contributed by atoms with van der Waals surface area (Å²) in [5.41, 5.74) is 0. The van der Waals surface area contributed by atoms with Crippen LogP contribution in [0.3, 0.4) is 0 Å². The Labute approximate surface area is 125 Å². The van der Waals surface area contributed by atoms with Crippen LogP contribution in [-0.2, 0) is 25.5 Å². The highest BCUT2D eigenvalue weighted by Gasteiger charge is 1.84. The van der Waals surface area contributed by atoms with E-state index >= 15 is 0 Å². The highest BCUT2D eigenvalue weighted by atomic mass is 32.3. The topological polar surface area (TPSA) is 204 Å². The summed E-state index contributed by atoms with van der Waals surface area (Å²) in [6, 6.07) is 0. The molecule has 2 N–H and O–H groups in total. The average molecular weight is 357 g/mol. The van der Waals surface area contributed by atoms with Crippen molar-refractivity contribution in [2.75, 3.05) is 7.11 Å². The van der Waals surface area contributed by atoms with Crippen molar-refractivity contribution in [3.8, 4) is 0 Å². The number of rotatable bonds is 0. The molecule has 0 aliphatic carbocycles. The van der Waals surface area contributed by atoms with Gasteiger partial charge in [-0.3, -0.25) is 17.5 Å². The normalized spacial score (nSPS) is 8.81. The lowest BCUT2D eigenvalue weighted by Gasteiger charge is -2.06. The van der Waals surface area contributed by atoms with E-state index in [1.165, 1.54) is 12.8 Å². The maximum absolute atomic E-state index is 9.03. The molecule has 13 heteroatoms. The third kappa shape index (κ3) is 5390. The zero-order chi connectivity index (χ0) is 18.7. The van der Waals surface area contributed by atoms with E-state index in [2.05, 4.69) is 32.4 Å². The fourth-order valence-corrected chi connectivity index (χ4v) is 0. The minimum atomic E-state index is -5.17. The Morgan fingerprint density at radius 2 is 1.00 bits per heavy atom. The number of carboxylic acid groups (broad SMARTS) is 1. The first-order valence-electron chi connectivity index (χ1n) is 5.21. The first-order chi connectivity index (χ1) is 9.10. The maximum Gasteiger partial charge on any atom is 0.394 e. The van der Waals surface area contributed by atoms with Crippen LogP contribution < -0.4 is 5.11 Å². The van der Waals surface area contributed by atoms with E-state index < -0.39 is 27.0 Å². The molecule has 0 fully saturated rings. The number of carbonyl (C=O) groups excluding carboxylic acids is 1. The van der Waals surface area contributed by atoms with Crippen LogP contribution in [-0.4, -0.2) is 48.3 Å². The molecule has 0 heterocycles. The number of hydrogen-bond donors (Lipinski definition) is 2. The molecule has 0 spiro atoms. The lowest BCUT2D eigenvalue weighted by molar-refractivity contribution is -0.279. The molecule has 0 aromatic carbocycles. The number of ether oxygens (including phenoxy) is 1. The largest absolute Gasteiger partial charge is 0.759 e. The molecular formula is C8H21O11S2-3. The quantitative estimate of drug-likeness (QED) is 0.330. The summed E-state index contributed by atoms with van der Waals surface area (Å²) in [6.07, 6.45) is 1.00.